The Hall–Kier alpha value is -3.84. The summed E-state index contributed by atoms with van der Waals surface area (Å²) in [6.07, 6.45) is -4.21. The number of carbonyl (C=O) groups excluding carboxylic acids is 2. The zero-order chi connectivity index (χ0) is 41.4. The molecular formula is C34H20BBrCl2F8N4O4Se2. The van der Waals surface area contributed by atoms with Crippen molar-refractivity contribution in [2.75, 3.05) is 10.6 Å². The average Bonchev–Trinajstić information content (AvgIpc) is 3.80. The predicted octanol–water partition coefficient (Wildman–Crippen LogP) is 8.20. The first-order chi connectivity index (χ1) is 26.2. The quantitative estimate of drug-likeness (QED) is 0.0986. The maximum absolute atomic E-state index is 13.6. The van der Waals surface area contributed by atoms with E-state index in [2.05, 4.69) is 36.5 Å². The molecule has 4 aromatic heterocycles. The number of hydrogen-bond donors (Lipinski definition) is 4. The van der Waals surface area contributed by atoms with Gasteiger partial charge in [-0.2, -0.15) is 13.2 Å². The number of benzene rings is 2. The molecule has 0 atom stereocenters. The second-order valence-corrected chi connectivity index (χ2v) is 18.1. The minimum absolute atomic E-state index is 0.0202. The minimum Gasteiger partial charge on any atom is -0.423 e. The Morgan fingerprint density at radius 3 is 1.62 bits per heavy atom. The molecular weight excluding hydrogens is 1000 g/mol. The van der Waals surface area contributed by atoms with Gasteiger partial charge in [-0.15, -0.1) is 0 Å². The molecule has 0 bridgehead atoms. The number of rotatable bonds is 6. The Bertz CT molecular complexity index is 2330. The molecule has 56 heavy (non-hydrogen) atoms. The number of nitrogens with zero attached hydrogens (tertiary/aromatic N) is 2. The summed E-state index contributed by atoms with van der Waals surface area (Å²) >= 11 is 14.2. The number of carbonyl (C=O) groups is 2. The summed E-state index contributed by atoms with van der Waals surface area (Å²) in [6, 6.07) is 14.8. The molecule has 2 amide bonds. The van der Waals surface area contributed by atoms with Crippen molar-refractivity contribution in [2.45, 2.75) is 12.4 Å². The molecule has 22 heteroatoms. The fourth-order valence-electron chi connectivity index (χ4n) is 4.17. The Kier molecular flexibility index (Phi) is 15.7. The smallest absolute Gasteiger partial charge is 0.423 e. The van der Waals surface area contributed by atoms with Gasteiger partial charge in [0.05, 0.1) is 5.56 Å². The number of amides is 2. The van der Waals surface area contributed by atoms with E-state index in [-0.39, 0.29) is 52.9 Å². The molecule has 0 aliphatic carbocycles. The number of halogens is 11. The first-order valence-electron chi connectivity index (χ1n) is 15.0. The number of nitrogens with one attached hydrogen (secondary N) is 2. The van der Waals surface area contributed by atoms with Crippen LogP contribution in [0.4, 0.5) is 46.5 Å². The number of pyridine rings is 2. The first kappa shape index (κ1) is 44.9. The van der Waals surface area contributed by atoms with Crippen molar-refractivity contribution in [1.82, 2.24) is 9.97 Å². The van der Waals surface area contributed by atoms with Crippen LogP contribution in [0.2, 0.25) is 10.0 Å². The van der Waals surface area contributed by atoms with Crippen LogP contribution in [0.1, 0.15) is 29.6 Å². The van der Waals surface area contributed by atoms with Gasteiger partial charge in [-0.3, -0.25) is 0 Å². The summed E-state index contributed by atoms with van der Waals surface area (Å²) in [5, 5.41) is 22.4. The van der Waals surface area contributed by atoms with Gasteiger partial charge in [0.25, 0.3) is 0 Å². The normalized spacial score (nSPS) is 11.1. The van der Waals surface area contributed by atoms with E-state index in [0.717, 1.165) is 40.0 Å². The number of anilines is 2. The van der Waals surface area contributed by atoms with Gasteiger partial charge < -0.3 is 10.0 Å². The topological polar surface area (TPSA) is 124 Å². The Morgan fingerprint density at radius 2 is 1.16 bits per heavy atom. The second kappa shape index (κ2) is 19.5. The Morgan fingerprint density at radius 1 is 0.679 bits per heavy atom. The molecule has 292 valence electrons. The van der Waals surface area contributed by atoms with Crippen molar-refractivity contribution >= 4 is 104 Å². The van der Waals surface area contributed by atoms with Crippen LogP contribution in [0.25, 0.3) is 10.0 Å². The molecule has 0 radical (unpaired) electrons. The van der Waals surface area contributed by atoms with Crippen LogP contribution >= 0.6 is 39.1 Å². The van der Waals surface area contributed by atoms with Crippen molar-refractivity contribution in [3.63, 3.8) is 0 Å². The predicted molar refractivity (Wildman–Crippen MR) is 200 cm³/mol. The molecule has 0 aliphatic rings. The van der Waals surface area contributed by atoms with Gasteiger partial charge in [-0.1, -0.05) is 11.6 Å². The minimum atomic E-state index is -4.52. The summed E-state index contributed by atoms with van der Waals surface area (Å²) in [4.78, 5) is 31.2. The van der Waals surface area contributed by atoms with Crippen molar-refractivity contribution < 1.29 is 54.8 Å². The van der Waals surface area contributed by atoms with Gasteiger partial charge in [-0.05, 0) is 18.2 Å². The van der Waals surface area contributed by atoms with E-state index in [1.807, 2.05) is 6.07 Å². The maximum Gasteiger partial charge on any atom is 0.489 e. The summed E-state index contributed by atoms with van der Waals surface area (Å²) in [5.41, 5.74) is -1.78. The Labute approximate surface area is 342 Å². The molecule has 0 aliphatic heterocycles. The van der Waals surface area contributed by atoms with Crippen molar-refractivity contribution in [2.24, 2.45) is 0 Å². The van der Waals surface area contributed by atoms with E-state index in [1.54, 1.807) is 12.1 Å². The fourth-order valence-corrected chi connectivity index (χ4v) is 9.04. The molecule has 0 spiro atoms. The maximum atomic E-state index is 13.6. The van der Waals surface area contributed by atoms with E-state index in [9.17, 15) is 44.7 Å². The fraction of sp³-hybridized carbons (Fsp3) is 0.0588. The van der Waals surface area contributed by atoms with E-state index in [4.69, 9.17) is 33.2 Å². The van der Waals surface area contributed by atoms with Crippen LogP contribution in [0.5, 0.6) is 0 Å². The Balaban J connectivity index is 0.000000200. The monoisotopic (exact) mass is 1020 g/mol. The molecule has 8 nitrogen and oxygen atoms in total. The third-order valence-electron chi connectivity index (χ3n) is 6.83. The van der Waals surface area contributed by atoms with Crippen molar-refractivity contribution in [3.8, 4) is 10.0 Å². The van der Waals surface area contributed by atoms with Crippen LogP contribution in [0.3, 0.4) is 0 Å². The van der Waals surface area contributed by atoms with Gasteiger partial charge in [-0.25, -0.2) is 0 Å². The van der Waals surface area contributed by atoms with Gasteiger partial charge in [0.2, 0.25) is 0 Å². The molecule has 0 saturated carbocycles. The SMILES string of the molecule is O=C(Nc1ccncc1F)c1ccc(-c2cc(C(F)(F)F)ccc2Cl)[se]1.O=C(Nc1ccncc1F)c1ccc(Br)[se]1.OB(O)c1cc(C(F)(F)F)ccc1Cl. The molecule has 4 N–H and O–H groups in total. The molecule has 0 saturated heterocycles. The van der Waals surface area contributed by atoms with Crippen LogP contribution in [0, 0.1) is 11.6 Å². The van der Waals surface area contributed by atoms with E-state index in [1.165, 1.54) is 36.7 Å². The van der Waals surface area contributed by atoms with Gasteiger partial charge in [0.15, 0.2) is 0 Å². The zero-order valence-corrected chi connectivity index (χ0v) is 33.9. The van der Waals surface area contributed by atoms with Gasteiger partial charge in [0.1, 0.15) is 0 Å². The zero-order valence-electron chi connectivity index (χ0n) is 27.4. The average molecular weight is 1020 g/mol. The first-order valence-corrected chi connectivity index (χ1v) is 20.0. The summed E-state index contributed by atoms with van der Waals surface area (Å²) in [5.74, 6) is -2.00. The molecule has 4 heterocycles. The van der Waals surface area contributed by atoms with E-state index < -0.39 is 62.6 Å². The van der Waals surface area contributed by atoms with Gasteiger partial charge in [0, 0.05) is 10.5 Å². The standard InChI is InChI=1S/C17H9ClF4N2OSe.C10H6BrFN2OSe.C7H5BClF3O2/c18-11-2-1-9(17(20,21)22)7-10(11)14-3-4-15(26-14)16(25)24-13-5-6-23-8-12(13)19;11-9-2-1-8(16-9)10(15)14-7-3-4-13-5-6(7)12;9-6-2-1-4(7(10,11)12)3-5(6)8(13)14/h1-8H,(H,23,24,25);1-5H,(H,13,14,15);1-3,13-14H. The van der Waals surface area contributed by atoms with Crippen LogP contribution in [-0.2, 0) is 12.4 Å². The van der Waals surface area contributed by atoms with E-state index in [0.29, 0.717) is 19.4 Å². The van der Waals surface area contributed by atoms with Crippen LogP contribution in [-0.4, -0.2) is 68.0 Å². The summed E-state index contributed by atoms with van der Waals surface area (Å²) in [7, 11) is -2.01. The van der Waals surface area contributed by atoms with Crippen LogP contribution in [0.15, 0.2) is 101 Å². The number of aromatic nitrogens is 2. The second-order valence-electron chi connectivity index (χ2n) is 10.7. The number of hydrogen-bond acceptors (Lipinski definition) is 6. The van der Waals surface area contributed by atoms with Crippen LogP contribution < -0.4 is 16.1 Å². The molecule has 6 aromatic rings. The van der Waals surface area contributed by atoms with Gasteiger partial charge >= 0.3 is 275 Å². The molecule has 6 rings (SSSR count). The largest absolute Gasteiger partial charge is 0.489 e. The molecule has 2 aromatic carbocycles. The molecule has 0 unspecified atom stereocenters. The van der Waals surface area contributed by atoms with E-state index >= 15 is 0 Å². The molecule has 0 fully saturated rings. The third kappa shape index (κ3) is 12.6. The van der Waals surface area contributed by atoms with Crippen molar-refractivity contribution in [3.05, 3.63) is 143 Å². The summed E-state index contributed by atoms with van der Waals surface area (Å²) in [6.45, 7) is 0. The van der Waals surface area contributed by atoms with Crippen molar-refractivity contribution in [1.29, 1.82) is 0 Å². The third-order valence-corrected chi connectivity index (χ3v) is 12.8. The summed E-state index contributed by atoms with van der Waals surface area (Å²) < 4.78 is 104. The number of alkyl halides is 6.